The molecule has 0 amide bonds. The molecule has 24 heavy (non-hydrogen) atoms. The molecule has 0 aliphatic rings. The van der Waals surface area contributed by atoms with Crippen molar-refractivity contribution in [2.75, 3.05) is 4.72 Å². The van der Waals surface area contributed by atoms with Gasteiger partial charge in [-0.1, -0.05) is 29.8 Å². The third-order valence-electron chi connectivity index (χ3n) is 3.62. The summed E-state index contributed by atoms with van der Waals surface area (Å²) in [5.74, 6) is 0. The SMILES string of the molecule is Cc1c(Cl)cccc1S(=O)(=O)Nc1ccc(Cn2cccn2)cc1. The highest BCUT2D eigenvalue weighted by molar-refractivity contribution is 7.92. The molecule has 0 atom stereocenters. The van der Waals surface area contributed by atoms with Crippen molar-refractivity contribution in [2.45, 2.75) is 18.4 Å². The van der Waals surface area contributed by atoms with E-state index in [1.54, 1.807) is 42.1 Å². The molecule has 124 valence electrons. The van der Waals surface area contributed by atoms with Crippen molar-refractivity contribution in [1.82, 2.24) is 9.78 Å². The number of nitrogens with one attached hydrogen (secondary N) is 1. The molecule has 0 saturated carbocycles. The molecule has 0 radical (unpaired) electrons. The van der Waals surface area contributed by atoms with Gasteiger partial charge in [0.2, 0.25) is 0 Å². The van der Waals surface area contributed by atoms with Crippen LogP contribution < -0.4 is 4.72 Å². The number of halogens is 1. The minimum Gasteiger partial charge on any atom is -0.280 e. The van der Waals surface area contributed by atoms with Crippen LogP contribution in [0.3, 0.4) is 0 Å². The van der Waals surface area contributed by atoms with Crippen LogP contribution in [-0.4, -0.2) is 18.2 Å². The maximum Gasteiger partial charge on any atom is 0.262 e. The molecule has 5 nitrogen and oxygen atoms in total. The minimum absolute atomic E-state index is 0.176. The molecule has 3 aromatic rings. The Morgan fingerprint density at radius 1 is 1.12 bits per heavy atom. The second-order valence-corrected chi connectivity index (χ2v) is 7.43. The maximum atomic E-state index is 12.5. The van der Waals surface area contributed by atoms with Gasteiger partial charge in [-0.25, -0.2) is 8.42 Å². The van der Waals surface area contributed by atoms with Crippen molar-refractivity contribution >= 4 is 27.3 Å². The molecule has 0 unspecified atom stereocenters. The Labute approximate surface area is 145 Å². The average Bonchev–Trinajstić information content (AvgIpc) is 3.04. The summed E-state index contributed by atoms with van der Waals surface area (Å²) in [6, 6.07) is 13.9. The van der Waals surface area contributed by atoms with E-state index < -0.39 is 10.0 Å². The number of anilines is 1. The van der Waals surface area contributed by atoms with Gasteiger partial charge in [0.05, 0.1) is 11.4 Å². The van der Waals surface area contributed by atoms with Crippen LogP contribution in [0.5, 0.6) is 0 Å². The van der Waals surface area contributed by atoms with Crippen LogP contribution in [0.4, 0.5) is 5.69 Å². The van der Waals surface area contributed by atoms with Crippen molar-refractivity contribution in [1.29, 1.82) is 0 Å². The van der Waals surface area contributed by atoms with E-state index in [2.05, 4.69) is 9.82 Å². The number of hydrogen-bond donors (Lipinski definition) is 1. The summed E-state index contributed by atoms with van der Waals surface area (Å²) in [6.07, 6.45) is 3.59. The van der Waals surface area contributed by atoms with Crippen molar-refractivity contribution in [3.63, 3.8) is 0 Å². The van der Waals surface area contributed by atoms with Crippen molar-refractivity contribution in [3.8, 4) is 0 Å². The molecular formula is C17H16ClN3O2S. The summed E-state index contributed by atoms with van der Waals surface area (Å²) in [4.78, 5) is 0.176. The van der Waals surface area contributed by atoms with Gasteiger partial charge in [0.1, 0.15) is 0 Å². The Morgan fingerprint density at radius 3 is 2.54 bits per heavy atom. The first-order chi connectivity index (χ1) is 11.5. The van der Waals surface area contributed by atoms with Gasteiger partial charge in [-0.05, 0) is 48.4 Å². The van der Waals surface area contributed by atoms with Crippen LogP contribution in [0.2, 0.25) is 5.02 Å². The molecule has 1 aromatic heterocycles. The second kappa shape index (κ2) is 6.67. The van der Waals surface area contributed by atoms with Crippen LogP contribution >= 0.6 is 11.6 Å². The zero-order chi connectivity index (χ0) is 17.2. The Balaban J connectivity index is 1.79. The molecule has 2 aromatic carbocycles. The molecule has 0 aliphatic carbocycles. The van der Waals surface area contributed by atoms with Crippen molar-refractivity contribution in [3.05, 3.63) is 77.1 Å². The van der Waals surface area contributed by atoms with Gasteiger partial charge < -0.3 is 0 Å². The Bertz CT molecular complexity index is 936. The first-order valence-electron chi connectivity index (χ1n) is 7.30. The first kappa shape index (κ1) is 16.5. The zero-order valence-corrected chi connectivity index (χ0v) is 14.6. The first-order valence-corrected chi connectivity index (χ1v) is 9.16. The number of benzene rings is 2. The maximum absolute atomic E-state index is 12.5. The predicted molar refractivity (Wildman–Crippen MR) is 94.8 cm³/mol. The van der Waals surface area contributed by atoms with Gasteiger partial charge in [0.25, 0.3) is 10.0 Å². The van der Waals surface area contributed by atoms with Gasteiger partial charge in [0.15, 0.2) is 0 Å². The predicted octanol–water partition coefficient (Wildman–Crippen LogP) is 3.69. The van der Waals surface area contributed by atoms with Gasteiger partial charge in [-0.3, -0.25) is 9.40 Å². The summed E-state index contributed by atoms with van der Waals surface area (Å²) in [7, 11) is -3.68. The molecule has 0 saturated heterocycles. The smallest absolute Gasteiger partial charge is 0.262 e. The van der Waals surface area contributed by atoms with E-state index in [1.165, 1.54) is 6.07 Å². The van der Waals surface area contributed by atoms with E-state index in [0.717, 1.165) is 5.56 Å². The summed E-state index contributed by atoms with van der Waals surface area (Å²) in [5.41, 5.74) is 2.06. The lowest BCUT2D eigenvalue weighted by molar-refractivity contribution is 0.600. The van der Waals surface area contributed by atoms with Crippen molar-refractivity contribution in [2.24, 2.45) is 0 Å². The van der Waals surface area contributed by atoms with E-state index in [9.17, 15) is 8.42 Å². The lowest BCUT2D eigenvalue weighted by Crippen LogP contribution is -2.14. The van der Waals surface area contributed by atoms with Crippen LogP contribution in [0.15, 0.2) is 65.8 Å². The fourth-order valence-electron chi connectivity index (χ4n) is 2.35. The van der Waals surface area contributed by atoms with Gasteiger partial charge >= 0.3 is 0 Å². The van der Waals surface area contributed by atoms with E-state index in [-0.39, 0.29) is 4.90 Å². The molecular weight excluding hydrogens is 346 g/mol. The van der Waals surface area contributed by atoms with Gasteiger partial charge in [-0.2, -0.15) is 5.10 Å². The fourth-order valence-corrected chi connectivity index (χ4v) is 3.91. The van der Waals surface area contributed by atoms with E-state index in [1.807, 2.05) is 24.4 Å². The molecule has 0 bridgehead atoms. The third-order valence-corrected chi connectivity index (χ3v) is 5.55. The lowest BCUT2D eigenvalue weighted by atomic mass is 10.2. The molecule has 1 N–H and O–H groups in total. The normalized spacial score (nSPS) is 11.4. The largest absolute Gasteiger partial charge is 0.280 e. The van der Waals surface area contributed by atoms with Crippen LogP contribution in [0.1, 0.15) is 11.1 Å². The number of nitrogens with zero attached hydrogens (tertiary/aromatic N) is 2. The summed E-state index contributed by atoms with van der Waals surface area (Å²) >= 11 is 6.01. The number of rotatable bonds is 5. The van der Waals surface area contributed by atoms with E-state index in [4.69, 9.17) is 11.6 Å². The Kier molecular flexibility index (Phi) is 4.59. The molecule has 0 spiro atoms. The minimum atomic E-state index is -3.68. The average molecular weight is 362 g/mol. The topological polar surface area (TPSA) is 64.0 Å². The van der Waals surface area contributed by atoms with Crippen LogP contribution in [0.25, 0.3) is 0 Å². The fraction of sp³-hybridized carbons (Fsp3) is 0.118. The number of aromatic nitrogens is 2. The molecule has 1 heterocycles. The highest BCUT2D eigenvalue weighted by atomic mass is 35.5. The van der Waals surface area contributed by atoms with Crippen LogP contribution in [-0.2, 0) is 16.6 Å². The van der Waals surface area contributed by atoms with E-state index in [0.29, 0.717) is 22.8 Å². The monoisotopic (exact) mass is 361 g/mol. The molecule has 0 aliphatic heterocycles. The standard InChI is InChI=1S/C17H16ClN3O2S/c1-13-16(18)4-2-5-17(13)24(22,23)20-15-8-6-14(7-9-15)12-21-11-3-10-19-21/h2-11,20H,12H2,1H3. The molecule has 7 heteroatoms. The summed E-state index contributed by atoms with van der Waals surface area (Å²) in [6.45, 7) is 2.32. The summed E-state index contributed by atoms with van der Waals surface area (Å²) < 4.78 is 29.4. The quantitative estimate of drug-likeness (QED) is 0.753. The molecule has 0 fully saturated rings. The van der Waals surface area contributed by atoms with Gasteiger partial charge in [-0.15, -0.1) is 0 Å². The third kappa shape index (κ3) is 3.60. The second-order valence-electron chi connectivity index (χ2n) is 5.37. The van der Waals surface area contributed by atoms with Crippen LogP contribution in [0, 0.1) is 6.92 Å². The lowest BCUT2D eigenvalue weighted by Gasteiger charge is -2.11. The van der Waals surface area contributed by atoms with Gasteiger partial charge in [0, 0.05) is 23.1 Å². The highest BCUT2D eigenvalue weighted by Gasteiger charge is 2.18. The Morgan fingerprint density at radius 2 is 1.88 bits per heavy atom. The summed E-state index contributed by atoms with van der Waals surface area (Å²) in [5, 5.41) is 4.57. The van der Waals surface area contributed by atoms with Crippen molar-refractivity contribution < 1.29 is 8.42 Å². The highest BCUT2D eigenvalue weighted by Crippen LogP contribution is 2.24. The Hall–Kier alpha value is -2.31. The number of hydrogen-bond acceptors (Lipinski definition) is 3. The zero-order valence-electron chi connectivity index (χ0n) is 13.0. The van der Waals surface area contributed by atoms with E-state index >= 15 is 0 Å². The molecule has 3 rings (SSSR count). The number of sulfonamides is 1.